The van der Waals surface area contributed by atoms with Gasteiger partial charge in [0.05, 0.1) is 0 Å². The number of nitrogens with one attached hydrogen (secondary N) is 1. The van der Waals surface area contributed by atoms with Gasteiger partial charge in [0.2, 0.25) is 12.2 Å². The smallest absolute Gasteiger partial charge is 0.251 e. The van der Waals surface area contributed by atoms with E-state index in [0.717, 1.165) is 18.4 Å². The lowest BCUT2D eigenvalue weighted by molar-refractivity contribution is 0.0899. The molecule has 1 amide bonds. The number of aromatic nitrogens is 2. The van der Waals surface area contributed by atoms with Crippen LogP contribution in [0, 0.1) is 5.92 Å². The van der Waals surface area contributed by atoms with Crippen LogP contribution in [-0.4, -0.2) is 33.8 Å². The van der Waals surface area contributed by atoms with Crippen molar-refractivity contribution in [1.29, 1.82) is 0 Å². The van der Waals surface area contributed by atoms with Crippen molar-refractivity contribution in [3.63, 3.8) is 0 Å². The van der Waals surface area contributed by atoms with E-state index >= 15 is 0 Å². The van der Waals surface area contributed by atoms with Crippen molar-refractivity contribution >= 4 is 5.91 Å². The number of carbonyl (C=O) groups excluding carboxylic acids is 1. The minimum absolute atomic E-state index is 0.0414. The maximum atomic E-state index is 12.5. The maximum Gasteiger partial charge on any atom is 0.251 e. The van der Waals surface area contributed by atoms with Crippen LogP contribution in [0.3, 0.4) is 0 Å². The summed E-state index contributed by atoms with van der Waals surface area (Å²) >= 11 is 0. The van der Waals surface area contributed by atoms with Gasteiger partial charge in [0, 0.05) is 23.8 Å². The Morgan fingerprint density at radius 1 is 1.25 bits per heavy atom. The van der Waals surface area contributed by atoms with E-state index in [9.17, 15) is 9.90 Å². The predicted molar refractivity (Wildman–Crippen MR) is 89.3 cm³/mol. The first-order chi connectivity index (χ1) is 11.8. The lowest BCUT2D eigenvalue weighted by atomic mass is 9.82. The lowest BCUT2D eigenvalue weighted by Crippen LogP contribution is -2.41. The average molecular weight is 329 g/mol. The molecule has 1 aromatic heterocycles. The van der Waals surface area contributed by atoms with E-state index in [0.29, 0.717) is 23.7 Å². The fourth-order valence-electron chi connectivity index (χ4n) is 3.42. The summed E-state index contributed by atoms with van der Waals surface area (Å²) in [5, 5.41) is 16.2. The first-order valence-corrected chi connectivity index (χ1v) is 8.56. The molecular formula is C18H23N3O3. The number of aliphatic hydroxyl groups is 1. The van der Waals surface area contributed by atoms with Crippen molar-refractivity contribution in [2.45, 2.75) is 44.6 Å². The summed E-state index contributed by atoms with van der Waals surface area (Å²) in [4.78, 5) is 16.5. The molecule has 1 unspecified atom stereocenters. The molecule has 24 heavy (non-hydrogen) atoms. The predicted octanol–water partition coefficient (Wildman–Crippen LogP) is 2.80. The molecule has 6 nitrogen and oxygen atoms in total. The zero-order valence-corrected chi connectivity index (χ0v) is 13.6. The molecule has 0 aliphatic heterocycles. The van der Waals surface area contributed by atoms with E-state index in [2.05, 4.69) is 15.5 Å². The summed E-state index contributed by atoms with van der Waals surface area (Å²) in [6.07, 6.45) is 7.83. The fourth-order valence-corrected chi connectivity index (χ4v) is 3.42. The van der Waals surface area contributed by atoms with E-state index in [1.807, 2.05) is 0 Å². The zero-order chi connectivity index (χ0) is 16.8. The third-order valence-electron chi connectivity index (χ3n) is 4.74. The van der Waals surface area contributed by atoms with Crippen molar-refractivity contribution in [1.82, 2.24) is 15.5 Å². The standard InChI is InChI=1S/C18H23N3O3/c22-11-10-16(13-4-2-1-3-5-13)20-18(23)15-8-6-14(7-9-15)17-19-12-24-21-17/h6-9,12-13,16,22H,1-5,10-11H2,(H,20,23). The molecule has 0 saturated heterocycles. The summed E-state index contributed by atoms with van der Waals surface area (Å²) in [6.45, 7) is 0.0954. The van der Waals surface area contributed by atoms with Crippen LogP contribution in [0.25, 0.3) is 11.4 Å². The highest BCUT2D eigenvalue weighted by Gasteiger charge is 2.25. The molecule has 2 aromatic rings. The molecule has 1 heterocycles. The fraction of sp³-hybridized carbons (Fsp3) is 0.500. The molecule has 1 saturated carbocycles. The van der Waals surface area contributed by atoms with Crippen molar-refractivity contribution < 1.29 is 14.4 Å². The summed E-state index contributed by atoms with van der Waals surface area (Å²) in [6, 6.07) is 7.18. The summed E-state index contributed by atoms with van der Waals surface area (Å²) < 4.78 is 4.73. The van der Waals surface area contributed by atoms with Gasteiger partial charge in [-0.15, -0.1) is 0 Å². The maximum absolute atomic E-state index is 12.5. The second-order valence-corrected chi connectivity index (χ2v) is 6.32. The number of aliphatic hydroxyl groups excluding tert-OH is 1. The van der Waals surface area contributed by atoms with Gasteiger partial charge in [0.1, 0.15) is 0 Å². The van der Waals surface area contributed by atoms with Gasteiger partial charge in [-0.05, 0) is 37.3 Å². The molecule has 128 valence electrons. The molecule has 1 aliphatic rings. The van der Waals surface area contributed by atoms with Crippen LogP contribution in [0.15, 0.2) is 35.2 Å². The largest absolute Gasteiger partial charge is 0.396 e. The summed E-state index contributed by atoms with van der Waals surface area (Å²) in [5.41, 5.74) is 1.40. The number of hydrogen-bond donors (Lipinski definition) is 2. The molecule has 2 N–H and O–H groups in total. The first kappa shape index (κ1) is 16.6. The van der Waals surface area contributed by atoms with Crippen LogP contribution in [0.1, 0.15) is 48.9 Å². The highest BCUT2D eigenvalue weighted by molar-refractivity contribution is 5.94. The van der Waals surface area contributed by atoms with Crippen LogP contribution in [0.5, 0.6) is 0 Å². The zero-order valence-electron chi connectivity index (χ0n) is 13.6. The molecule has 1 aliphatic carbocycles. The van der Waals surface area contributed by atoms with Crippen molar-refractivity contribution in [2.75, 3.05) is 6.61 Å². The van der Waals surface area contributed by atoms with E-state index in [4.69, 9.17) is 4.52 Å². The molecule has 1 fully saturated rings. The first-order valence-electron chi connectivity index (χ1n) is 8.56. The van der Waals surface area contributed by atoms with Crippen molar-refractivity contribution in [2.24, 2.45) is 5.92 Å². The molecule has 0 bridgehead atoms. The minimum Gasteiger partial charge on any atom is -0.396 e. The Bertz CT molecular complexity index is 634. The van der Waals surface area contributed by atoms with Crippen LogP contribution < -0.4 is 5.32 Å². The topological polar surface area (TPSA) is 88.2 Å². The third-order valence-corrected chi connectivity index (χ3v) is 4.74. The van der Waals surface area contributed by atoms with Crippen molar-refractivity contribution in [3.8, 4) is 11.4 Å². The van der Waals surface area contributed by atoms with E-state index < -0.39 is 0 Å². The Kier molecular flexibility index (Phi) is 5.59. The Balaban J connectivity index is 1.65. The molecule has 0 radical (unpaired) electrons. The number of amides is 1. The highest BCUT2D eigenvalue weighted by atomic mass is 16.5. The molecular weight excluding hydrogens is 306 g/mol. The van der Waals surface area contributed by atoms with E-state index in [1.165, 1.54) is 25.7 Å². The molecule has 6 heteroatoms. The lowest BCUT2D eigenvalue weighted by Gasteiger charge is -2.30. The van der Waals surface area contributed by atoms with Gasteiger partial charge in [0.25, 0.3) is 5.91 Å². The Labute approximate surface area is 141 Å². The van der Waals surface area contributed by atoms with Crippen LogP contribution in [0.2, 0.25) is 0 Å². The Morgan fingerprint density at radius 2 is 2.00 bits per heavy atom. The Hall–Kier alpha value is -2.21. The molecule has 1 atom stereocenters. The normalized spacial score (nSPS) is 16.7. The number of rotatable bonds is 6. The van der Waals surface area contributed by atoms with Gasteiger partial charge >= 0.3 is 0 Å². The van der Waals surface area contributed by atoms with Gasteiger partial charge in [-0.1, -0.05) is 36.6 Å². The van der Waals surface area contributed by atoms with Gasteiger partial charge in [-0.25, -0.2) is 0 Å². The number of carbonyl (C=O) groups is 1. The van der Waals surface area contributed by atoms with Gasteiger partial charge in [0.15, 0.2) is 0 Å². The summed E-state index contributed by atoms with van der Waals surface area (Å²) in [5.74, 6) is 0.870. The van der Waals surface area contributed by atoms with Crippen LogP contribution in [0.4, 0.5) is 0 Å². The third kappa shape index (κ3) is 4.00. The Morgan fingerprint density at radius 3 is 2.62 bits per heavy atom. The van der Waals surface area contributed by atoms with Crippen LogP contribution in [-0.2, 0) is 0 Å². The molecule has 0 spiro atoms. The number of nitrogens with zero attached hydrogens (tertiary/aromatic N) is 2. The van der Waals surface area contributed by atoms with Gasteiger partial charge in [-0.2, -0.15) is 4.98 Å². The average Bonchev–Trinajstić information content (AvgIpc) is 3.17. The van der Waals surface area contributed by atoms with Gasteiger partial charge in [-0.3, -0.25) is 4.79 Å². The summed E-state index contributed by atoms with van der Waals surface area (Å²) in [7, 11) is 0. The van der Waals surface area contributed by atoms with E-state index in [-0.39, 0.29) is 18.6 Å². The SMILES string of the molecule is O=C(NC(CCO)C1CCCCC1)c1ccc(-c2ncon2)cc1. The quantitative estimate of drug-likeness (QED) is 0.851. The second kappa shape index (κ2) is 8.06. The molecule has 3 rings (SSSR count). The van der Waals surface area contributed by atoms with Crippen molar-refractivity contribution in [3.05, 3.63) is 36.2 Å². The molecule has 1 aromatic carbocycles. The van der Waals surface area contributed by atoms with E-state index in [1.54, 1.807) is 24.3 Å². The number of hydrogen-bond acceptors (Lipinski definition) is 5. The van der Waals surface area contributed by atoms with Crippen LogP contribution >= 0.6 is 0 Å². The number of benzene rings is 1. The van der Waals surface area contributed by atoms with Gasteiger partial charge < -0.3 is 14.9 Å². The second-order valence-electron chi connectivity index (χ2n) is 6.32. The minimum atomic E-state index is -0.0984. The highest BCUT2D eigenvalue weighted by Crippen LogP contribution is 2.28. The monoisotopic (exact) mass is 329 g/mol.